The first-order valence-electron chi connectivity index (χ1n) is 5.98. The summed E-state index contributed by atoms with van der Waals surface area (Å²) in [5.41, 5.74) is 3.08. The summed E-state index contributed by atoms with van der Waals surface area (Å²) < 4.78 is 5.10. The third-order valence-electron chi connectivity index (χ3n) is 2.58. The van der Waals surface area contributed by atoms with Crippen molar-refractivity contribution in [3.8, 4) is 11.3 Å². The van der Waals surface area contributed by atoms with Gasteiger partial charge in [0.2, 0.25) is 0 Å². The number of hydrogen-bond acceptors (Lipinski definition) is 4. The van der Waals surface area contributed by atoms with Gasteiger partial charge in [-0.05, 0) is 12.5 Å². The first kappa shape index (κ1) is 12.5. The molecule has 0 radical (unpaired) electrons. The Morgan fingerprint density at radius 2 is 1.83 bits per heavy atom. The molecule has 0 atom stereocenters. The molecular weight excluding hydrogens is 226 g/mol. The zero-order valence-corrected chi connectivity index (χ0v) is 10.7. The van der Waals surface area contributed by atoms with Crippen LogP contribution in [-0.4, -0.2) is 23.6 Å². The number of nitrogens with one attached hydrogen (secondary N) is 1. The lowest BCUT2D eigenvalue weighted by atomic mass is 10.1. The van der Waals surface area contributed by atoms with Crippen molar-refractivity contribution >= 4 is 5.82 Å². The van der Waals surface area contributed by atoms with Crippen molar-refractivity contribution < 1.29 is 4.74 Å². The summed E-state index contributed by atoms with van der Waals surface area (Å²) in [6.07, 6.45) is 3.40. The van der Waals surface area contributed by atoms with Crippen molar-refractivity contribution in [2.24, 2.45) is 0 Å². The van der Waals surface area contributed by atoms with Crippen molar-refractivity contribution in [1.82, 2.24) is 9.97 Å². The molecule has 0 saturated heterocycles. The van der Waals surface area contributed by atoms with Crippen LogP contribution < -0.4 is 5.32 Å². The van der Waals surface area contributed by atoms with E-state index in [1.54, 1.807) is 19.5 Å². The van der Waals surface area contributed by atoms with Crippen LogP contribution >= 0.6 is 0 Å². The van der Waals surface area contributed by atoms with Crippen LogP contribution in [0, 0.1) is 0 Å². The van der Waals surface area contributed by atoms with Gasteiger partial charge >= 0.3 is 0 Å². The van der Waals surface area contributed by atoms with Crippen LogP contribution in [0.2, 0.25) is 0 Å². The van der Waals surface area contributed by atoms with E-state index in [1.165, 1.54) is 0 Å². The Bertz CT molecular complexity index is 497. The van der Waals surface area contributed by atoms with Gasteiger partial charge in [-0.3, -0.25) is 4.98 Å². The first-order valence-corrected chi connectivity index (χ1v) is 5.98. The number of benzene rings is 1. The smallest absolute Gasteiger partial charge is 0.152 e. The Hall–Kier alpha value is -1.94. The van der Waals surface area contributed by atoms with E-state index in [1.807, 2.05) is 31.2 Å². The molecule has 1 aromatic heterocycles. The van der Waals surface area contributed by atoms with Crippen LogP contribution in [0.5, 0.6) is 0 Å². The highest BCUT2D eigenvalue weighted by molar-refractivity contribution is 5.71. The lowest BCUT2D eigenvalue weighted by molar-refractivity contribution is 0.185. The fourth-order valence-corrected chi connectivity index (χ4v) is 1.77. The summed E-state index contributed by atoms with van der Waals surface area (Å²) in [4.78, 5) is 8.69. The Morgan fingerprint density at radius 1 is 1.11 bits per heavy atom. The number of rotatable bonds is 5. The summed E-state index contributed by atoms with van der Waals surface area (Å²) in [7, 11) is 1.69. The van der Waals surface area contributed by atoms with Gasteiger partial charge < -0.3 is 10.1 Å². The monoisotopic (exact) mass is 243 g/mol. The molecule has 0 aliphatic rings. The second-order valence-electron chi connectivity index (χ2n) is 3.91. The number of methoxy groups -OCH3 is 1. The number of ether oxygens (including phenoxy) is 1. The van der Waals surface area contributed by atoms with E-state index in [4.69, 9.17) is 4.74 Å². The molecule has 4 heteroatoms. The van der Waals surface area contributed by atoms with Crippen molar-refractivity contribution in [2.45, 2.75) is 13.5 Å². The molecule has 0 aliphatic carbocycles. The fraction of sp³-hybridized carbons (Fsp3) is 0.286. The van der Waals surface area contributed by atoms with Crippen LogP contribution in [0.25, 0.3) is 11.3 Å². The van der Waals surface area contributed by atoms with Crippen LogP contribution in [-0.2, 0) is 11.3 Å². The molecule has 1 N–H and O–H groups in total. The van der Waals surface area contributed by atoms with Crippen LogP contribution in [0.4, 0.5) is 5.82 Å². The predicted molar refractivity (Wildman–Crippen MR) is 72.3 cm³/mol. The van der Waals surface area contributed by atoms with Gasteiger partial charge in [-0.15, -0.1) is 0 Å². The molecule has 1 heterocycles. The molecule has 0 amide bonds. The third-order valence-corrected chi connectivity index (χ3v) is 2.58. The summed E-state index contributed by atoms with van der Waals surface area (Å²) >= 11 is 0. The summed E-state index contributed by atoms with van der Waals surface area (Å²) in [5.74, 6) is 0.819. The first-order chi connectivity index (χ1) is 8.85. The third kappa shape index (κ3) is 2.84. The highest BCUT2D eigenvalue weighted by Gasteiger charge is 2.06. The molecule has 0 saturated carbocycles. The molecule has 0 aliphatic heterocycles. The van der Waals surface area contributed by atoms with E-state index in [-0.39, 0.29) is 0 Å². The Morgan fingerprint density at radius 3 is 2.50 bits per heavy atom. The Labute approximate surface area is 107 Å². The molecule has 1 aromatic carbocycles. The molecule has 4 nitrogen and oxygen atoms in total. The standard InChI is InChI=1S/C14H17N3O/c1-3-15-14-13(16-8-9-17-14)12-6-4-11(5-7-12)10-18-2/h4-9H,3,10H2,1-2H3,(H,15,17). The minimum absolute atomic E-state index is 0.626. The maximum atomic E-state index is 5.10. The van der Waals surface area contributed by atoms with E-state index < -0.39 is 0 Å². The van der Waals surface area contributed by atoms with Crippen LogP contribution in [0.3, 0.4) is 0 Å². The maximum absolute atomic E-state index is 5.10. The Kier molecular flexibility index (Phi) is 4.25. The zero-order chi connectivity index (χ0) is 12.8. The predicted octanol–water partition coefficient (Wildman–Crippen LogP) is 2.72. The van der Waals surface area contributed by atoms with Crippen molar-refractivity contribution in [1.29, 1.82) is 0 Å². The van der Waals surface area contributed by atoms with Gasteiger partial charge in [0.1, 0.15) is 5.69 Å². The molecule has 0 fully saturated rings. The number of aromatic nitrogens is 2. The summed E-state index contributed by atoms with van der Waals surface area (Å²) in [6, 6.07) is 8.17. The molecule has 0 unspecified atom stereocenters. The van der Waals surface area contributed by atoms with Gasteiger partial charge in [0, 0.05) is 31.6 Å². The van der Waals surface area contributed by atoms with Gasteiger partial charge in [-0.1, -0.05) is 24.3 Å². The van der Waals surface area contributed by atoms with Crippen molar-refractivity contribution in [3.63, 3.8) is 0 Å². The zero-order valence-electron chi connectivity index (χ0n) is 10.7. The van der Waals surface area contributed by atoms with Crippen molar-refractivity contribution in [3.05, 3.63) is 42.2 Å². The largest absolute Gasteiger partial charge is 0.380 e. The highest BCUT2D eigenvalue weighted by Crippen LogP contribution is 2.23. The summed E-state index contributed by atoms with van der Waals surface area (Å²) in [6.45, 7) is 3.49. The molecule has 94 valence electrons. The second-order valence-corrected chi connectivity index (χ2v) is 3.91. The van der Waals surface area contributed by atoms with E-state index >= 15 is 0 Å². The maximum Gasteiger partial charge on any atom is 0.152 e. The minimum Gasteiger partial charge on any atom is -0.380 e. The molecule has 0 spiro atoms. The van der Waals surface area contributed by atoms with Crippen molar-refractivity contribution in [2.75, 3.05) is 19.0 Å². The van der Waals surface area contributed by atoms with E-state index in [0.29, 0.717) is 6.61 Å². The number of hydrogen-bond donors (Lipinski definition) is 1. The van der Waals surface area contributed by atoms with E-state index in [9.17, 15) is 0 Å². The SMILES string of the molecule is CCNc1nccnc1-c1ccc(COC)cc1. The quantitative estimate of drug-likeness (QED) is 0.877. The van der Waals surface area contributed by atoms with Crippen LogP contribution in [0.1, 0.15) is 12.5 Å². The Balaban J connectivity index is 2.30. The average Bonchev–Trinajstić information content (AvgIpc) is 2.41. The topological polar surface area (TPSA) is 47.0 Å². The highest BCUT2D eigenvalue weighted by atomic mass is 16.5. The number of anilines is 1. The summed E-state index contributed by atoms with van der Waals surface area (Å²) in [5, 5.41) is 3.22. The van der Waals surface area contributed by atoms with Crippen LogP contribution in [0.15, 0.2) is 36.7 Å². The molecule has 2 aromatic rings. The van der Waals surface area contributed by atoms with Gasteiger partial charge in [0.25, 0.3) is 0 Å². The van der Waals surface area contributed by atoms with E-state index in [2.05, 4.69) is 15.3 Å². The fourth-order valence-electron chi connectivity index (χ4n) is 1.77. The van der Waals surface area contributed by atoms with Gasteiger partial charge in [0.15, 0.2) is 5.82 Å². The normalized spacial score (nSPS) is 10.3. The minimum atomic E-state index is 0.626. The lowest BCUT2D eigenvalue weighted by Gasteiger charge is -2.08. The average molecular weight is 243 g/mol. The van der Waals surface area contributed by atoms with Gasteiger partial charge in [-0.2, -0.15) is 0 Å². The molecule has 0 bridgehead atoms. The molecular formula is C14H17N3O. The van der Waals surface area contributed by atoms with Gasteiger partial charge in [0.05, 0.1) is 6.61 Å². The number of nitrogens with zero attached hydrogens (tertiary/aromatic N) is 2. The van der Waals surface area contributed by atoms with Gasteiger partial charge in [-0.25, -0.2) is 4.98 Å². The molecule has 2 rings (SSSR count). The van der Waals surface area contributed by atoms with E-state index in [0.717, 1.165) is 29.2 Å². The second kappa shape index (κ2) is 6.12. The lowest BCUT2D eigenvalue weighted by Crippen LogP contribution is -2.02. The molecule has 18 heavy (non-hydrogen) atoms.